The van der Waals surface area contributed by atoms with E-state index in [0.717, 1.165) is 23.0 Å². The van der Waals surface area contributed by atoms with Gasteiger partial charge in [0.1, 0.15) is 0 Å². The molecule has 1 rings (SSSR count). The fourth-order valence-corrected chi connectivity index (χ4v) is 3.15. The molecule has 0 saturated heterocycles. The summed E-state index contributed by atoms with van der Waals surface area (Å²) in [6, 6.07) is 10.3. The minimum absolute atomic E-state index is 0.870. The zero-order valence-corrected chi connectivity index (χ0v) is 22.9. The molecule has 1 aromatic rings. The quantitative estimate of drug-likeness (QED) is 0.103. The van der Waals surface area contributed by atoms with Crippen molar-refractivity contribution in [1.82, 2.24) is 0 Å². The van der Waals surface area contributed by atoms with Gasteiger partial charge in [-0.1, -0.05) is 42.9 Å². The average Bonchev–Trinajstić information content (AvgIpc) is 3.00. The molecule has 198 valence electrons. The second-order valence-corrected chi connectivity index (χ2v) is 7.65. The molecule has 0 amide bonds. The van der Waals surface area contributed by atoms with Crippen molar-refractivity contribution < 1.29 is 43.8 Å². The van der Waals surface area contributed by atoms with Crippen molar-refractivity contribution in [2.75, 3.05) is 7.11 Å². The Bertz CT molecular complexity index is 745. The molecule has 0 aliphatic carbocycles. The van der Waals surface area contributed by atoms with Gasteiger partial charge in [-0.15, -0.1) is 0 Å². The van der Waals surface area contributed by atoms with Gasteiger partial charge in [-0.3, -0.25) is 0 Å². The number of hydrogen-bond acceptors (Lipinski definition) is 1. The van der Waals surface area contributed by atoms with Gasteiger partial charge in [0.25, 0.3) is 0 Å². The molecule has 0 heterocycles. The maximum absolute atomic E-state index is 7.50. The predicted octanol–water partition coefficient (Wildman–Crippen LogP) is 6.80. The molecule has 37 heavy (non-hydrogen) atoms. The zero-order valence-electron chi connectivity index (χ0n) is 21.6. The Morgan fingerprint density at radius 2 is 1.11 bits per heavy atom. The molecule has 0 unspecified atom stereocenters. The third-order valence-corrected chi connectivity index (χ3v) is 5.11. The number of unbranched alkanes of at least 4 members (excludes halogenated alkanes) is 12. The molecule has 0 N–H and O–H groups in total. The number of methoxy groups -OCH3 is 1. The van der Waals surface area contributed by atoms with Crippen molar-refractivity contribution in [2.45, 2.75) is 83.5 Å². The molecule has 6 nitrogen and oxygen atoms in total. The molecule has 0 spiro atoms. The van der Waals surface area contributed by atoms with Gasteiger partial charge < -0.3 is 0 Å². The predicted molar refractivity (Wildman–Crippen MR) is 134 cm³/mol. The molecule has 0 radical (unpaired) electrons. The Morgan fingerprint density at radius 1 is 0.703 bits per heavy atom. The van der Waals surface area contributed by atoms with Crippen molar-refractivity contribution in [3.05, 3.63) is 81.3 Å². The number of rotatable bonds is 15. The van der Waals surface area contributed by atoms with Crippen LogP contribution in [0, 0.1) is 45.1 Å². The summed E-state index contributed by atoms with van der Waals surface area (Å²) in [4.78, 5) is 0. The minimum atomic E-state index is 0.870. The summed E-state index contributed by atoms with van der Waals surface area (Å²) in [5, 5.41) is 0. The van der Waals surface area contributed by atoms with E-state index in [1.54, 1.807) is 7.11 Å². The molecule has 0 aliphatic heterocycles. The van der Waals surface area contributed by atoms with E-state index in [2.05, 4.69) is 79.2 Å². The Morgan fingerprint density at radius 3 is 1.54 bits per heavy atom. The second kappa shape index (κ2) is 50.5. The number of allylic oxidation sites excluding steroid dienone is 1. The number of benzene rings is 1. The fourth-order valence-electron chi connectivity index (χ4n) is 3.00. The third-order valence-electron chi connectivity index (χ3n) is 4.63. The van der Waals surface area contributed by atoms with Gasteiger partial charge in [-0.25, -0.2) is 0 Å². The molecule has 0 aliphatic rings. The summed E-state index contributed by atoms with van der Waals surface area (Å²) < 4.78 is 43.4. The van der Waals surface area contributed by atoms with E-state index in [1.807, 2.05) is 24.3 Å². The van der Waals surface area contributed by atoms with E-state index in [1.165, 1.54) is 70.6 Å². The van der Waals surface area contributed by atoms with Crippen LogP contribution >= 0.6 is 0 Å². The van der Waals surface area contributed by atoms with Gasteiger partial charge in [0.15, 0.2) is 0 Å². The van der Waals surface area contributed by atoms with E-state index in [-0.39, 0.29) is 0 Å². The molecule has 0 fully saturated rings. The SMILES string of the molecule is CO[C](=[Cr])/C=C/CCCCCCCCCCCCCC#Cc1ccccc1.[C-]#[O+].[C-]#[O+].[C-]#[O+].[C-]#[O+].[C-]#[O+]. The molecule has 0 atom stereocenters. The normalized spacial score (nSPS) is 8.08. The first kappa shape index (κ1) is 44.6. The molecular formula is C30H36CrO6. The van der Waals surface area contributed by atoms with Crippen LogP contribution in [-0.4, -0.2) is 11.7 Å². The van der Waals surface area contributed by atoms with Crippen LogP contribution in [0.3, 0.4) is 0 Å². The molecule has 0 saturated carbocycles. The summed E-state index contributed by atoms with van der Waals surface area (Å²) >= 11 is 2.89. The van der Waals surface area contributed by atoms with Gasteiger partial charge in [0.05, 0.1) is 0 Å². The van der Waals surface area contributed by atoms with Gasteiger partial charge in [-0.2, -0.15) is 0 Å². The van der Waals surface area contributed by atoms with Crippen LogP contribution in [0.15, 0.2) is 42.5 Å². The first-order chi connectivity index (χ1) is 18.3. The van der Waals surface area contributed by atoms with Gasteiger partial charge in [-0.05, 0) is 18.6 Å². The van der Waals surface area contributed by atoms with Gasteiger partial charge in [0, 0.05) is 12.0 Å². The van der Waals surface area contributed by atoms with Crippen LogP contribution in [0.5, 0.6) is 0 Å². The maximum atomic E-state index is 7.50. The van der Waals surface area contributed by atoms with E-state index in [9.17, 15) is 0 Å². The summed E-state index contributed by atoms with van der Waals surface area (Å²) in [6.07, 6.45) is 21.4. The van der Waals surface area contributed by atoms with Crippen molar-refractivity contribution in [3.8, 4) is 11.8 Å². The number of ether oxygens (including phenoxy) is 1. The van der Waals surface area contributed by atoms with Crippen LogP contribution < -0.4 is 0 Å². The van der Waals surface area contributed by atoms with Crippen LogP contribution in [0.4, 0.5) is 0 Å². The standard InChI is InChI=1S/C25H36O.5CO.Cr/c1-26-24-20-15-13-11-9-7-5-3-2-4-6-8-10-12-14-17-21-25-22-18-16-19-23-25;5*1-2;/h15-16,18-20,22-23H,2-14H2,1H3;;;;;;/b20-15+;;;;;;. The van der Waals surface area contributed by atoms with Crippen molar-refractivity contribution in [3.63, 3.8) is 0 Å². The first-order valence-corrected chi connectivity index (χ1v) is 12.3. The van der Waals surface area contributed by atoms with E-state index < -0.39 is 0 Å². The summed E-state index contributed by atoms with van der Waals surface area (Å²) in [5.74, 6) is 6.53. The summed E-state index contributed by atoms with van der Waals surface area (Å²) in [5.41, 5.74) is 1.13. The van der Waals surface area contributed by atoms with Crippen LogP contribution in [0.25, 0.3) is 0 Å². The first-order valence-electron chi connectivity index (χ1n) is 11.6. The Kier molecular flexibility index (Phi) is 60.8. The van der Waals surface area contributed by atoms with E-state index >= 15 is 0 Å². The monoisotopic (exact) mass is 544 g/mol. The fraction of sp³-hybridized carbons (Fsp3) is 0.467. The molecule has 7 heteroatoms. The summed E-state index contributed by atoms with van der Waals surface area (Å²) in [6.45, 7) is 22.5. The second-order valence-electron chi connectivity index (χ2n) is 7.02. The molecule has 1 aromatic carbocycles. The molecular weight excluding hydrogens is 508 g/mol. The van der Waals surface area contributed by atoms with E-state index in [0.29, 0.717) is 0 Å². The number of hydrogen-bond donors (Lipinski definition) is 0. The van der Waals surface area contributed by atoms with Gasteiger partial charge in [0.2, 0.25) is 0 Å². The third kappa shape index (κ3) is 44.0. The average molecular weight is 545 g/mol. The topological polar surface area (TPSA) is 109 Å². The Labute approximate surface area is 231 Å². The summed E-state index contributed by atoms with van der Waals surface area (Å²) in [7, 11) is 1.69. The van der Waals surface area contributed by atoms with Crippen LogP contribution in [0.1, 0.15) is 89.0 Å². The van der Waals surface area contributed by atoms with Gasteiger partial charge >= 0.3 is 159 Å². The van der Waals surface area contributed by atoms with E-state index in [4.69, 9.17) is 28.0 Å². The van der Waals surface area contributed by atoms with Crippen molar-refractivity contribution in [1.29, 1.82) is 0 Å². The molecule has 0 aromatic heterocycles. The van der Waals surface area contributed by atoms with Crippen LogP contribution in [0.2, 0.25) is 0 Å². The Balaban J connectivity index is -0.000000303. The zero-order chi connectivity index (χ0) is 29.4. The van der Waals surface area contributed by atoms with Crippen molar-refractivity contribution in [2.24, 2.45) is 0 Å². The van der Waals surface area contributed by atoms with Crippen LogP contribution in [-0.2, 0) is 43.8 Å². The molecule has 0 bridgehead atoms. The van der Waals surface area contributed by atoms with Crippen molar-refractivity contribution >= 4 is 4.57 Å². The Hall–Kier alpha value is -2.42.